The number of halogens is 1. The molecule has 2 rings (SSSR count). The second-order valence-electron chi connectivity index (χ2n) is 6.21. The molecule has 0 bridgehead atoms. The largest absolute Gasteiger partial charge is 0.359 e. The zero-order chi connectivity index (χ0) is 15.6. The number of hydrogen-bond acceptors (Lipinski definition) is 2. The van der Waals surface area contributed by atoms with E-state index in [1.165, 1.54) is 50.6 Å². The molecule has 22 heavy (non-hydrogen) atoms. The minimum Gasteiger partial charge on any atom is -0.359 e. The first-order chi connectivity index (χ1) is 10.8. The van der Waals surface area contributed by atoms with E-state index in [1.807, 2.05) is 12.1 Å². The van der Waals surface area contributed by atoms with E-state index < -0.39 is 0 Å². The van der Waals surface area contributed by atoms with E-state index in [9.17, 15) is 0 Å². The first-order valence-corrected chi connectivity index (χ1v) is 9.06. The molecule has 0 unspecified atom stereocenters. The van der Waals surface area contributed by atoms with Gasteiger partial charge in [-0.1, -0.05) is 56.3 Å². The lowest BCUT2D eigenvalue weighted by Crippen LogP contribution is -2.27. The van der Waals surface area contributed by atoms with Gasteiger partial charge < -0.3 is 9.80 Å². The van der Waals surface area contributed by atoms with Crippen molar-refractivity contribution in [3.63, 3.8) is 0 Å². The van der Waals surface area contributed by atoms with E-state index in [2.05, 4.69) is 41.3 Å². The van der Waals surface area contributed by atoms with Crippen LogP contribution >= 0.6 is 11.6 Å². The summed E-state index contributed by atoms with van der Waals surface area (Å²) in [5.74, 6) is 0. The third-order valence-corrected chi connectivity index (χ3v) is 4.48. The standard InChI is InChI=1S/C19H29ClN2/c1-2-3-4-5-6-13-21-15-16-22(17-21)14-7-8-18-9-11-19(20)12-10-18/h9-12,15-16H,2-8,13-14,17H2,1H3. The molecule has 0 atom stereocenters. The molecular weight excluding hydrogens is 292 g/mol. The zero-order valence-electron chi connectivity index (χ0n) is 13.8. The topological polar surface area (TPSA) is 6.48 Å². The highest BCUT2D eigenvalue weighted by atomic mass is 35.5. The molecule has 0 radical (unpaired) electrons. The fourth-order valence-electron chi connectivity index (χ4n) is 2.86. The summed E-state index contributed by atoms with van der Waals surface area (Å²) in [4.78, 5) is 4.86. The highest BCUT2D eigenvalue weighted by molar-refractivity contribution is 6.30. The Morgan fingerprint density at radius 2 is 1.50 bits per heavy atom. The van der Waals surface area contributed by atoms with Gasteiger partial charge in [-0.05, 0) is 37.0 Å². The second-order valence-corrected chi connectivity index (χ2v) is 6.64. The van der Waals surface area contributed by atoms with E-state index in [-0.39, 0.29) is 0 Å². The third-order valence-electron chi connectivity index (χ3n) is 4.22. The van der Waals surface area contributed by atoms with Gasteiger partial charge in [0.05, 0.1) is 6.67 Å². The van der Waals surface area contributed by atoms with Crippen LogP contribution in [0.5, 0.6) is 0 Å². The van der Waals surface area contributed by atoms with Crippen LogP contribution in [0.3, 0.4) is 0 Å². The molecule has 0 fully saturated rings. The van der Waals surface area contributed by atoms with Crippen LogP contribution in [0.15, 0.2) is 36.7 Å². The van der Waals surface area contributed by atoms with E-state index in [0.29, 0.717) is 0 Å². The van der Waals surface area contributed by atoms with Gasteiger partial charge in [0.25, 0.3) is 0 Å². The summed E-state index contributed by atoms with van der Waals surface area (Å²) in [6.45, 7) is 5.67. The molecule has 1 aliphatic heterocycles. The Hall–Kier alpha value is -1.15. The van der Waals surface area contributed by atoms with Gasteiger partial charge in [-0.3, -0.25) is 0 Å². The van der Waals surface area contributed by atoms with Crippen molar-refractivity contribution in [2.75, 3.05) is 19.8 Å². The lowest BCUT2D eigenvalue weighted by Gasteiger charge is -2.21. The normalized spacial score (nSPS) is 14.1. The van der Waals surface area contributed by atoms with Gasteiger partial charge >= 0.3 is 0 Å². The van der Waals surface area contributed by atoms with Crippen LogP contribution in [0, 0.1) is 0 Å². The van der Waals surface area contributed by atoms with Crippen LogP contribution in [-0.4, -0.2) is 29.6 Å². The summed E-state index contributed by atoms with van der Waals surface area (Å²) in [5, 5.41) is 0.820. The van der Waals surface area contributed by atoms with E-state index in [0.717, 1.165) is 24.7 Å². The van der Waals surface area contributed by atoms with Crippen LogP contribution in [0.1, 0.15) is 51.0 Å². The first-order valence-electron chi connectivity index (χ1n) is 8.69. The molecule has 1 aromatic rings. The lowest BCUT2D eigenvalue weighted by atomic mass is 10.1. The number of aryl methyl sites for hydroxylation is 1. The van der Waals surface area contributed by atoms with Crippen molar-refractivity contribution in [3.05, 3.63) is 47.3 Å². The summed E-state index contributed by atoms with van der Waals surface area (Å²) >= 11 is 5.91. The number of hydrogen-bond donors (Lipinski definition) is 0. The van der Waals surface area contributed by atoms with Gasteiger partial charge in [0.1, 0.15) is 0 Å². The maximum Gasteiger partial charge on any atom is 0.0893 e. The Balaban J connectivity index is 1.55. The molecule has 1 aliphatic rings. The minimum absolute atomic E-state index is 0.820. The molecule has 0 aromatic heterocycles. The van der Waals surface area contributed by atoms with Gasteiger partial charge in [0.2, 0.25) is 0 Å². The summed E-state index contributed by atoms with van der Waals surface area (Å²) in [5.41, 5.74) is 1.38. The van der Waals surface area contributed by atoms with Crippen molar-refractivity contribution in [2.45, 2.75) is 51.9 Å². The van der Waals surface area contributed by atoms with E-state index in [1.54, 1.807) is 0 Å². The van der Waals surface area contributed by atoms with Crippen LogP contribution in [0.4, 0.5) is 0 Å². The molecule has 1 aromatic carbocycles. The van der Waals surface area contributed by atoms with Gasteiger partial charge in [-0.2, -0.15) is 0 Å². The summed E-state index contributed by atoms with van der Waals surface area (Å²) < 4.78 is 0. The van der Waals surface area contributed by atoms with Crippen LogP contribution in [-0.2, 0) is 6.42 Å². The average molecular weight is 321 g/mol. The van der Waals surface area contributed by atoms with Crippen molar-refractivity contribution in [1.29, 1.82) is 0 Å². The Morgan fingerprint density at radius 3 is 2.18 bits per heavy atom. The summed E-state index contributed by atoms with van der Waals surface area (Å²) in [6.07, 6.45) is 13.6. The summed E-state index contributed by atoms with van der Waals surface area (Å²) in [6, 6.07) is 8.22. The van der Waals surface area contributed by atoms with Crippen molar-refractivity contribution < 1.29 is 0 Å². The second kappa shape index (κ2) is 9.78. The Bertz CT molecular complexity index is 441. The maximum absolute atomic E-state index is 5.91. The van der Waals surface area contributed by atoms with Crippen molar-refractivity contribution in [1.82, 2.24) is 9.80 Å². The Morgan fingerprint density at radius 1 is 0.864 bits per heavy atom. The van der Waals surface area contributed by atoms with Gasteiger partial charge in [0, 0.05) is 30.5 Å². The number of unbranched alkanes of at least 4 members (excludes halogenated alkanes) is 4. The molecule has 0 saturated carbocycles. The molecule has 1 heterocycles. The van der Waals surface area contributed by atoms with Gasteiger partial charge in [0.15, 0.2) is 0 Å². The number of rotatable bonds is 10. The molecule has 0 N–H and O–H groups in total. The lowest BCUT2D eigenvalue weighted by molar-refractivity contribution is 0.259. The minimum atomic E-state index is 0.820. The fraction of sp³-hybridized carbons (Fsp3) is 0.579. The molecule has 3 heteroatoms. The van der Waals surface area contributed by atoms with Crippen LogP contribution < -0.4 is 0 Å². The van der Waals surface area contributed by atoms with Crippen molar-refractivity contribution in [3.8, 4) is 0 Å². The Labute approximate surface area is 140 Å². The van der Waals surface area contributed by atoms with Crippen molar-refractivity contribution >= 4 is 11.6 Å². The molecule has 0 aliphatic carbocycles. The summed E-state index contributed by atoms with van der Waals surface area (Å²) in [7, 11) is 0. The van der Waals surface area contributed by atoms with E-state index in [4.69, 9.17) is 11.6 Å². The predicted octanol–water partition coefficient (Wildman–Crippen LogP) is 5.29. The van der Waals surface area contributed by atoms with E-state index >= 15 is 0 Å². The highest BCUT2D eigenvalue weighted by Crippen LogP contribution is 2.13. The average Bonchev–Trinajstić information content (AvgIpc) is 2.97. The molecular formula is C19H29ClN2. The van der Waals surface area contributed by atoms with Gasteiger partial charge in [-0.25, -0.2) is 0 Å². The molecule has 122 valence electrons. The quantitative estimate of drug-likeness (QED) is 0.540. The first kappa shape index (κ1) is 17.2. The number of nitrogens with zero attached hydrogens (tertiary/aromatic N) is 2. The highest BCUT2D eigenvalue weighted by Gasteiger charge is 2.11. The van der Waals surface area contributed by atoms with Crippen LogP contribution in [0.2, 0.25) is 5.02 Å². The van der Waals surface area contributed by atoms with Crippen LogP contribution in [0.25, 0.3) is 0 Å². The smallest absolute Gasteiger partial charge is 0.0893 e. The van der Waals surface area contributed by atoms with Crippen molar-refractivity contribution in [2.24, 2.45) is 0 Å². The predicted molar refractivity (Wildman–Crippen MR) is 96.0 cm³/mol. The SMILES string of the molecule is CCCCCCCN1C=CN(CCCc2ccc(Cl)cc2)C1. The Kier molecular flexibility index (Phi) is 7.65. The molecule has 0 amide bonds. The molecule has 2 nitrogen and oxygen atoms in total. The zero-order valence-corrected chi connectivity index (χ0v) is 14.6. The monoisotopic (exact) mass is 320 g/mol. The fourth-order valence-corrected chi connectivity index (χ4v) is 2.99. The maximum atomic E-state index is 5.91. The molecule has 0 saturated heterocycles. The number of benzene rings is 1. The molecule has 0 spiro atoms. The van der Waals surface area contributed by atoms with Gasteiger partial charge in [-0.15, -0.1) is 0 Å². The third kappa shape index (κ3) is 6.31.